The summed E-state index contributed by atoms with van der Waals surface area (Å²) in [6, 6.07) is 17.1. The average Bonchev–Trinajstić information content (AvgIpc) is 3.28. The molecule has 1 aliphatic heterocycles. The maximum Gasteiger partial charge on any atom is 0.242 e. The molecule has 0 aliphatic carbocycles. The van der Waals surface area contributed by atoms with Gasteiger partial charge in [0.05, 0.1) is 17.8 Å². The quantitative estimate of drug-likeness (QED) is 0.610. The first kappa shape index (κ1) is 21.3. The van der Waals surface area contributed by atoms with Gasteiger partial charge < -0.3 is 9.88 Å². The van der Waals surface area contributed by atoms with E-state index in [9.17, 15) is 13.2 Å². The Balaban J connectivity index is 1.45. The minimum absolute atomic E-state index is 0.0832. The molecule has 2 aromatic carbocycles. The molecule has 1 amide bonds. The summed E-state index contributed by atoms with van der Waals surface area (Å²) in [5.74, 6) is 0.0466. The van der Waals surface area contributed by atoms with E-state index in [0.717, 1.165) is 23.2 Å². The number of imidazole rings is 1. The lowest BCUT2D eigenvalue weighted by molar-refractivity contribution is -0.126. The highest BCUT2D eigenvalue weighted by Gasteiger charge is 2.32. The summed E-state index contributed by atoms with van der Waals surface area (Å²) in [5.41, 5.74) is 3.01. The Morgan fingerprint density at radius 3 is 2.48 bits per heavy atom. The van der Waals surface area contributed by atoms with Crippen molar-refractivity contribution in [3.8, 4) is 0 Å². The smallest absolute Gasteiger partial charge is 0.242 e. The molecule has 162 valence electrons. The van der Waals surface area contributed by atoms with Crippen molar-refractivity contribution in [1.82, 2.24) is 19.8 Å². The van der Waals surface area contributed by atoms with Crippen molar-refractivity contribution in [3.05, 3.63) is 90.0 Å². The Bertz CT molecular complexity index is 1100. The number of benzene rings is 2. The van der Waals surface area contributed by atoms with Gasteiger partial charge in [0, 0.05) is 38.6 Å². The van der Waals surface area contributed by atoms with Crippen molar-refractivity contribution < 1.29 is 13.2 Å². The molecule has 3 aromatic rings. The van der Waals surface area contributed by atoms with Crippen molar-refractivity contribution in [2.75, 3.05) is 24.6 Å². The van der Waals surface area contributed by atoms with Gasteiger partial charge in [-0.25, -0.2) is 13.4 Å². The molecular weight excluding hydrogens is 412 g/mol. The van der Waals surface area contributed by atoms with E-state index in [-0.39, 0.29) is 17.4 Å². The fourth-order valence-electron chi connectivity index (χ4n) is 3.86. The Morgan fingerprint density at radius 2 is 1.77 bits per heavy atom. The van der Waals surface area contributed by atoms with Crippen molar-refractivity contribution >= 4 is 15.7 Å². The zero-order valence-electron chi connectivity index (χ0n) is 17.2. The van der Waals surface area contributed by atoms with Crippen LogP contribution in [-0.2, 0) is 27.7 Å². The van der Waals surface area contributed by atoms with Crippen molar-refractivity contribution in [2.24, 2.45) is 0 Å². The molecule has 0 saturated carbocycles. The van der Waals surface area contributed by atoms with E-state index in [1.165, 1.54) is 0 Å². The predicted octanol–water partition coefficient (Wildman–Crippen LogP) is 2.02. The highest BCUT2D eigenvalue weighted by atomic mass is 32.2. The third-order valence-electron chi connectivity index (χ3n) is 5.49. The molecule has 7 nitrogen and oxygen atoms in total. The highest BCUT2D eigenvalue weighted by Crippen LogP contribution is 2.23. The van der Waals surface area contributed by atoms with Crippen LogP contribution in [0.2, 0.25) is 0 Å². The Kier molecular flexibility index (Phi) is 6.48. The van der Waals surface area contributed by atoms with Gasteiger partial charge >= 0.3 is 0 Å². The minimum atomic E-state index is -3.02. The topological polar surface area (TPSA) is 84.3 Å². The standard InChI is InChI=1S/C23H26N4O3S/c28-23(25-16-19-5-4-6-20(15-19)17-26-10-9-24-18-26)22(21-7-2-1-3-8-21)27-11-13-31(29,30)14-12-27/h1-10,15,18,22H,11-14,16-17H2,(H,25,28). The van der Waals surface area contributed by atoms with Crippen LogP contribution in [0, 0.1) is 0 Å². The number of amides is 1. The molecule has 8 heteroatoms. The van der Waals surface area contributed by atoms with Gasteiger partial charge in [-0.15, -0.1) is 0 Å². The Labute approximate surface area is 182 Å². The second-order valence-electron chi connectivity index (χ2n) is 7.77. The molecule has 31 heavy (non-hydrogen) atoms. The zero-order chi connectivity index (χ0) is 21.7. The summed E-state index contributed by atoms with van der Waals surface area (Å²) in [5, 5.41) is 3.05. The number of sulfone groups is 1. The molecule has 1 aliphatic rings. The number of carbonyl (C=O) groups is 1. The molecule has 1 aromatic heterocycles. The minimum Gasteiger partial charge on any atom is -0.350 e. The van der Waals surface area contributed by atoms with Crippen LogP contribution in [0.15, 0.2) is 73.3 Å². The largest absolute Gasteiger partial charge is 0.350 e. The number of aromatic nitrogens is 2. The number of hydrogen-bond donors (Lipinski definition) is 1. The number of rotatable bonds is 7. The molecule has 1 N–H and O–H groups in total. The van der Waals surface area contributed by atoms with Crippen LogP contribution in [0.1, 0.15) is 22.7 Å². The number of nitrogens with zero attached hydrogens (tertiary/aromatic N) is 3. The third kappa shape index (κ3) is 5.59. The third-order valence-corrected chi connectivity index (χ3v) is 7.10. The van der Waals surface area contributed by atoms with E-state index < -0.39 is 15.9 Å². The van der Waals surface area contributed by atoms with Crippen LogP contribution in [0.4, 0.5) is 0 Å². The molecular formula is C23H26N4O3S. The maximum atomic E-state index is 13.2. The molecule has 0 radical (unpaired) electrons. The molecule has 1 atom stereocenters. The van der Waals surface area contributed by atoms with Gasteiger partial charge in [0.2, 0.25) is 5.91 Å². The van der Waals surface area contributed by atoms with Crippen LogP contribution in [0.5, 0.6) is 0 Å². The Hall–Kier alpha value is -2.97. The zero-order valence-corrected chi connectivity index (χ0v) is 18.0. The molecule has 4 rings (SSSR count). The van der Waals surface area contributed by atoms with Crippen LogP contribution in [-0.4, -0.2) is 53.4 Å². The van der Waals surface area contributed by atoms with Gasteiger partial charge in [0.15, 0.2) is 9.84 Å². The SMILES string of the molecule is O=C(NCc1cccc(Cn2ccnc2)c1)C(c1ccccc1)N1CCS(=O)(=O)CC1. The van der Waals surface area contributed by atoms with Crippen molar-refractivity contribution in [2.45, 2.75) is 19.1 Å². The van der Waals surface area contributed by atoms with Gasteiger partial charge in [-0.2, -0.15) is 0 Å². The Morgan fingerprint density at radius 1 is 1.03 bits per heavy atom. The van der Waals surface area contributed by atoms with E-state index in [4.69, 9.17) is 0 Å². The number of carbonyl (C=O) groups excluding carboxylic acids is 1. The van der Waals surface area contributed by atoms with Crippen molar-refractivity contribution in [3.63, 3.8) is 0 Å². The van der Waals surface area contributed by atoms with Gasteiger partial charge in [0.25, 0.3) is 0 Å². The van der Waals surface area contributed by atoms with Gasteiger partial charge in [-0.05, 0) is 16.7 Å². The summed E-state index contributed by atoms with van der Waals surface area (Å²) in [7, 11) is -3.02. The second-order valence-corrected chi connectivity index (χ2v) is 10.1. The number of nitrogens with one attached hydrogen (secondary N) is 1. The van der Waals surface area contributed by atoms with Gasteiger partial charge in [0.1, 0.15) is 6.04 Å². The first-order valence-corrected chi connectivity index (χ1v) is 12.1. The normalized spacial score (nSPS) is 17.2. The molecule has 1 unspecified atom stereocenters. The van der Waals surface area contributed by atoms with Gasteiger partial charge in [-0.1, -0.05) is 54.6 Å². The van der Waals surface area contributed by atoms with Crippen LogP contribution in [0.25, 0.3) is 0 Å². The molecule has 0 spiro atoms. The van der Waals surface area contributed by atoms with Crippen molar-refractivity contribution in [1.29, 1.82) is 0 Å². The fourth-order valence-corrected chi connectivity index (χ4v) is 5.09. The monoisotopic (exact) mass is 438 g/mol. The molecule has 0 bridgehead atoms. The molecule has 1 fully saturated rings. The van der Waals surface area contributed by atoms with Crippen LogP contribution < -0.4 is 5.32 Å². The van der Waals surface area contributed by atoms with E-state index >= 15 is 0 Å². The lowest BCUT2D eigenvalue weighted by Gasteiger charge is -2.33. The summed E-state index contributed by atoms with van der Waals surface area (Å²) in [4.78, 5) is 19.2. The highest BCUT2D eigenvalue weighted by molar-refractivity contribution is 7.91. The van der Waals surface area contributed by atoms with Gasteiger partial charge in [-0.3, -0.25) is 9.69 Å². The first-order valence-electron chi connectivity index (χ1n) is 10.3. The summed E-state index contributed by atoms with van der Waals surface area (Å²) in [6.45, 7) is 1.84. The first-order chi connectivity index (χ1) is 15.0. The van der Waals surface area contributed by atoms with Crippen LogP contribution >= 0.6 is 0 Å². The summed E-state index contributed by atoms with van der Waals surface area (Å²) in [6.07, 6.45) is 5.44. The maximum absolute atomic E-state index is 13.2. The number of hydrogen-bond acceptors (Lipinski definition) is 5. The predicted molar refractivity (Wildman–Crippen MR) is 119 cm³/mol. The summed E-state index contributed by atoms with van der Waals surface area (Å²) >= 11 is 0. The lowest BCUT2D eigenvalue weighted by Crippen LogP contribution is -2.47. The van der Waals surface area contributed by atoms with E-state index in [2.05, 4.69) is 16.4 Å². The van der Waals surface area contributed by atoms with E-state index in [1.807, 2.05) is 64.2 Å². The van der Waals surface area contributed by atoms with E-state index in [0.29, 0.717) is 19.6 Å². The lowest BCUT2D eigenvalue weighted by atomic mass is 10.0. The summed E-state index contributed by atoms with van der Waals surface area (Å²) < 4.78 is 25.7. The average molecular weight is 439 g/mol. The fraction of sp³-hybridized carbons (Fsp3) is 0.304. The second kappa shape index (κ2) is 9.45. The van der Waals surface area contributed by atoms with Crippen LogP contribution in [0.3, 0.4) is 0 Å². The molecule has 1 saturated heterocycles. The molecule has 2 heterocycles. The van der Waals surface area contributed by atoms with E-state index in [1.54, 1.807) is 12.5 Å².